The van der Waals surface area contributed by atoms with Crippen LogP contribution in [0.2, 0.25) is 5.02 Å². The van der Waals surface area contributed by atoms with Gasteiger partial charge in [-0.3, -0.25) is 4.98 Å². The number of pyridine rings is 1. The fourth-order valence-corrected chi connectivity index (χ4v) is 3.67. The van der Waals surface area contributed by atoms with Crippen molar-refractivity contribution in [3.8, 4) is 17.0 Å². The molecule has 0 radical (unpaired) electrons. The van der Waals surface area contributed by atoms with Gasteiger partial charge in [0.2, 0.25) is 0 Å². The van der Waals surface area contributed by atoms with Gasteiger partial charge in [-0.25, -0.2) is 9.97 Å². The van der Waals surface area contributed by atoms with Gasteiger partial charge in [0.25, 0.3) is 0 Å². The molecule has 140 valence electrons. The molecule has 2 N–H and O–H groups in total. The van der Waals surface area contributed by atoms with Gasteiger partial charge in [-0.15, -0.1) is 0 Å². The highest BCUT2D eigenvalue weighted by Crippen LogP contribution is 2.31. The van der Waals surface area contributed by atoms with Crippen molar-refractivity contribution in [2.45, 2.75) is 12.8 Å². The summed E-state index contributed by atoms with van der Waals surface area (Å²) < 4.78 is 5.24. The Balaban J connectivity index is 1.68. The molecule has 1 saturated heterocycles. The van der Waals surface area contributed by atoms with Gasteiger partial charge < -0.3 is 15.4 Å². The van der Waals surface area contributed by atoms with E-state index in [1.54, 1.807) is 19.5 Å². The summed E-state index contributed by atoms with van der Waals surface area (Å²) in [5.41, 5.74) is 3.30. The summed E-state index contributed by atoms with van der Waals surface area (Å²) in [5.74, 6) is 1.99. The van der Waals surface area contributed by atoms with Gasteiger partial charge in [0, 0.05) is 24.5 Å². The zero-order valence-electron chi connectivity index (χ0n) is 15.2. The van der Waals surface area contributed by atoms with Crippen molar-refractivity contribution in [2.75, 3.05) is 32.1 Å². The maximum atomic E-state index is 6.30. The molecule has 6 nitrogen and oxygen atoms in total. The van der Waals surface area contributed by atoms with Crippen LogP contribution >= 0.6 is 11.6 Å². The molecular weight excluding hydrogens is 362 g/mol. The number of methoxy groups -OCH3 is 1. The third-order valence-electron chi connectivity index (χ3n) is 4.86. The third-order valence-corrected chi connectivity index (χ3v) is 5.16. The number of halogens is 1. The van der Waals surface area contributed by atoms with E-state index in [4.69, 9.17) is 21.3 Å². The number of benzene rings is 1. The molecule has 0 spiro atoms. The molecule has 0 aliphatic carbocycles. The predicted octanol–water partition coefficient (Wildman–Crippen LogP) is 3.77. The van der Waals surface area contributed by atoms with Gasteiger partial charge in [-0.2, -0.15) is 0 Å². The monoisotopic (exact) mass is 383 g/mol. The number of piperidine rings is 1. The summed E-state index contributed by atoms with van der Waals surface area (Å²) >= 11 is 6.30. The number of ether oxygens (including phenoxy) is 1. The smallest absolute Gasteiger partial charge is 0.154 e. The minimum absolute atomic E-state index is 0.554. The van der Waals surface area contributed by atoms with Crippen molar-refractivity contribution < 1.29 is 4.74 Å². The first-order valence-corrected chi connectivity index (χ1v) is 9.52. The summed E-state index contributed by atoms with van der Waals surface area (Å²) in [7, 11) is 1.60. The van der Waals surface area contributed by atoms with E-state index in [0.717, 1.165) is 47.7 Å². The normalized spacial score (nSPS) is 17.0. The van der Waals surface area contributed by atoms with E-state index >= 15 is 0 Å². The lowest BCUT2D eigenvalue weighted by molar-refractivity contribution is 0.392. The lowest BCUT2D eigenvalue weighted by Gasteiger charge is -2.23. The van der Waals surface area contributed by atoms with Crippen molar-refractivity contribution in [1.29, 1.82) is 0 Å². The van der Waals surface area contributed by atoms with Gasteiger partial charge in [-0.05, 0) is 56.1 Å². The number of hydrogen-bond donors (Lipinski definition) is 2. The molecule has 2 aromatic heterocycles. The Kier molecular flexibility index (Phi) is 5.36. The quantitative estimate of drug-likeness (QED) is 0.698. The highest BCUT2D eigenvalue weighted by Gasteiger charge is 2.15. The number of nitrogens with zero attached hydrogens (tertiary/aromatic N) is 3. The van der Waals surface area contributed by atoms with Crippen molar-refractivity contribution >= 4 is 28.5 Å². The van der Waals surface area contributed by atoms with Gasteiger partial charge >= 0.3 is 0 Å². The molecule has 3 aromatic rings. The van der Waals surface area contributed by atoms with E-state index < -0.39 is 0 Å². The van der Waals surface area contributed by atoms with Crippen LogP contribution in [0, 0.1) is 5.92 Å². The number of hydrogen-bond acceptors (Lipinski definition) is 6. The van der Waals surface area contributed by atoms with Crippen LogP contribution in [0.1, 0.15) is 12.8 Å². The summed E-state index contributed by atoms with van der Waals surface area (Å²) in [5, 5.41) is 7.50. The molecule has 0 bridgehead atoms. The van der Waals surface area contributed by atoms with Crippen LogP contribution in [0.25, 0.3) is 22.3 Å². The summed E-state index contributed by atoms with van der Waals surface area (Å²) in [6.07, 6.45) is 5.82. The Bertz CT molecular complexity index is 943. The highest BCUT2D eigenvalue weighted by atomic mass is 35.5. The fourth-order valence-electron chi connectivity index (χ4n) is 3.41. The molecule has 1 atom stereocenters. The molecule has 7 heteroatoms. The summed E-state index contributed by atoms with van der Waals surface area (Å²) in [6, 6.07) is 7.60. The molecule has 1 aromatic carbocycles. The Morgan fingerprint density at radius 2 is 2.15 bits per heavy atom. The number of anilines is 1. The second-order valence-corrected chi connectivity index (χ2v) is 7.13. The van der Waals surface area contributed by atoms with Crippen LogP contribution in [0.5, 0.6) is 5.75 Å². The first kappa shape index (κ1) is 17.9. The molecule has 0 amide bonds. The molecule has 1 aliphatic heterocycles. The summed E-state index contributed by atoms with van der Waals surface area (Å²) in [6.45, 7) is 3.00. The van der Waals surface area contributed by atoms with Crippen LogP contribution in [-0.4, -0.2) is 41.7 Å². The van der Waals surface area contributed by atoms with Gasteiger partial charge in [0.1, 0.15) is 11.3 Å². The molecule has 1 aliphatic rings. The van der Waals surface area contributed by atoms with Crippen molar-refractivity contribution in [3.05, 3.63) is 41.7 Å². The maximum Gasteiger partial charge on any atom is 0.154 e. The molecule has 27 heavy (non-hydrogen) atoms. The average molecular weight is 384 g/mol. The first-order chi connectivity index (χ1) is 13.2. The molecule has 1 fully saturated rings. The van der Waals surface area contributed by atoms with Gasteiger partial charge in [0.05, 0.1) is 23.3 Å². The number of nitrogens with one attached hydrogen (secondary N) is 2. The first-order valence-electron chi connectivity index (χ1n) is 9.15. The number of fused-ring (bicyclic) bond motifs is 1. The molecule has 3 heterocycles. The fraction of sp³-hybridized carbons (Fsp3) is 0.350. The van der Waals surface area contributed by atoms with Crippen molar-refractivity contribution in [1.82, 2.24) is 20.3 Å². The van der Waals surface area contributed by atoms with Crippen LogP contribution < -0.4 is 15.4 Å². The van der Waals surface area contributed by atoms with Crippen molar-refractivity contribution in [3.63, 3.8) is 0 Å². The van der Waals surface area contributed by atoms with Crippen LogP contribution in [0.3, 0.4) is 0 Å². The van der Waals surface area contributed by atoms with E-state index in [2.05, 4.69) is 20.6 Å². The van der Waals surface area contributed by atoms with Crippen LogP contribution in [-0.2, 0) is 0 Å². The lowest BCUT2D eigenvalue weighted by atomic mass is 10.00. The third kappa shape index (κ3) is 3.96. The summed E-state index contributed by atoms with van der Waals surface area (Å²) in [4.78, 5) is 13.8. The Labute approximate surface area is 163 Å². The second-order valence-electron chi connectivity index (χ2n) is 6.72. The lowest BCUT2D eigenvalue weighted by Crippen LogP contribution is -2.33. The molecule has 0 saturated carbocycles. The van der Waals surface area contributed by atoms with E-state index in [0.29, 0.717) is 16.7 Å². The van der Waals surface area contributed by atoms with E-state index in [-0.39, 0.29) is 0 Å². The van der Waals surface area contributed by atoms with Gasteiger partial charge in [-0.1, -0.05) is 11.6 Å². The Morgan fingerprint density at radius 1 is 1.26 bits per heavy atom. The second kappa shape index (κ2) is 8.06. The maximum absolute atomic E-state index is 6.30. The van der Waals surface area contributed by atoms with Gasteiger partial charge in [0.15, 0.2) is 5.82 Å². The number of aromatic nitrogens is 3. The SMILES string of the molecule is COc1ccc(-c2cc3nccnc3c(NCC3CCCNC3)n2)cc1Cl. The standard InChI is InChI=1S/C20H22ClN5O/c1-27-18-5-4-14(9-15(18)21)16-10-17-19(24-8-7-23-17)20(26-16)25-12-13-3-2-6-22-11-13/h4-5,7-10,13,22H,2-3,6,11-12H2,1H3,(H,25,26). The topological polar surface area (TPSA) is 72.0 Å². The zero-order valence-corrected chi connectivity index (χ0v) is 16.0. The van der Waals surface area contributed by atoms with Crippen molar-refractivity contribution in [2.24, 2.45) is 5.92 Å². The van der Waals surface area contributed by atoms with Crippen LogP contribution in [0.15, 0.2) is 36.7 Å². The minimum Gasteiger partial charge on any atom is -0.495 e. The molecule has 4 rings (SSSR count). The zero-order chi connectivity index (χ0) is 18.6. The van der Waals surface area contributed by atoms with Crippen LogP contribution in [0.4, 0.5) is 5.82 Å². The highest BCUT2D eigenvalue weighted by molar-refractivity contribution is 6.32. The average Bonchev–Trinajstić information content (AvgIpc) is 2.72. The van der Waals surface area contributed by atoms with E-state index in [1.165, 1.54) is 12.8 Å². The minimum atomic E-state index is 0.554. The Hall–Kier alpha value is -2.44. The largest absolute Gasteiger partial charge is 0.495 e. The molecular formula is C20H22ClN5O. The van der Waals surface area contributed by atoms with E-state index in [1.807, 2.05) is 24.3 Å². The predicted molar refractivity (Wildman–Crippen MR) is 108 cm³/mol. The molecule has 1 unspecified atom stereocenters. The Morgan fingerprint density at radius 3 is 2.93 bits per heavy atom. The number of rotatable bonds is 5. The van der Waals surface area contributed by atoms with E-state index in [9.17, 15) is 0 Å².